The van der Waals surface area contributed by atoms with Gasteiger partial charge < -0.3 is 29.2 Å². The molecule has 18 heavy (non-hydrogen) atoms. The third-order valence-electron chi connectivity index (χ3n) is 1.47. The molecule has 110 valence electrons. The van der Waals surface area contributed by atoms with Crippen LogP contribution in [0.15, 0.2) is 0 Å². The van der Waals surface area contributed by atoms with Gasteiger partial charge in [0.05, 0.1) is 39.6 Å². The van der Waals surface area contributed by atoms with Crippen LogP contribution in [0, 0.1) is 0 Å². The Labute approximate surface area is 109 Å². The number of carbonyl (C=O) groups is 1. The summed E-state index contributed by atoms with van der Waals surface area (Å²) in [6, 6.07) is 0. The lowest BCUT2D eigenvalue weighted by molar-refractivity contribution is -0.114. The van der Waals surface area contributed by atoms with Crippen molar-refractivity contribution in [2.24, 2.45) is 0 Å². The first kappa shape index (κ1) is 19.8. The third-order valence-corrected chi connectivity index (χ3v) is 1.47. The highest BCUT2D eigenvalue weighted by Gasteiger charge is 1.98. The fourth-order valence-corrected chi connectivity index (χ4v) is 0.746. The zero-order valence-electron chi connectivity index (χ0n) is 11.6. The molecule has 1 aliphatic rings. The number of ether oxygens (including phenoxy) is 3. The Morgan fingerprint density at radius 3 is 1.83 bits per heavy atom. The lowest BCUT2D eigenvalue weighted by Crippen LogP contribution is -2.19. The van der Waals surface area contributed by atoms with E-state index in [1.807, 2.05) is 6.92 Å². The summed E-state index contributed by atoms with van der Waals surface area (Å²) in [5, 5.41) is 16.8. The molecule has 1 unspecified atom stereocenters. The summed E-state index contributed by atoms with van der Waals surface area (Å²) in [6.45, 7) is 8.59. The summed E-state index contributed by atoms with van der Waals surface area (Å²) in [4.78, 5) is 9.44. The highest BCUT2D eigenvalue weighted by atomic mass is 16.6. The van der Waals surface area contributed by atoms with Crippen LogP contribution in [-0.2, 0) is 19.0 Å². The van der Waals surface area contributed by atoms with Crippen molar-refractivity contribution in [2.45, 2.75) is 26.9 Å². The van der Waals surface area contributed by atoms with Gasteiger partial charge in [0.2, 0.25) is 0 Å². The van der Waals surface area contributed by atoms with Gasteiger partial charge in [-0.15, -0.1) is 0 Å². The lowest BCUT2D eigenvalue weighted by atomic mass is 10.4. The third kappa shape index (κ3) is 24.6. The van der Waals surface area contributed by atoms with Gasteiger partial charge in [0, 0.05) is 6.61 Å². The second-order valence-corrected chi connectivity index (χ2v) is 3.63. The molecule has 1 heterocycles. The highest BCUT2D eigenvalue weighted by Crippen LogP contribution is 1.85. The van der Waals surface area contributed by atoms with Gasteiger partial charge in [-0.3, -0.25) is 0 Å². The molecule has 0 amide bonds. The van der Waals surface area contributed by atoms with Gasteiger partial charge in [0.25, 0.3) is 0 Å². The van der Waals surface area contributed by atoms with Crippen LogP contribution in [0.5, 0.6) is 0 Å². The van der Waals surface area contributed by atoms with E-state index in [0.717, 1.165) is 26.4 Å². The maximum atomic E-state index is 9.44. The van der Waals surface area contributed by atoms with E-state index in [0.29, 0.717) is 6.61 Å². The van der Waals surface area contributed by atoms with Gasteiger partial charge in [0.15, 0.2) is 0 Å². The van der Waals surface area contributed by atoms with Gasteiger partial charge >= 0.3 is 0 Å². The Bertz CT molecular complexity index is 154. The van der Waals surface area contributed by atoms with E-state index in [-0.39, 0.29) is 19.0 Å². The van der Waals surface area contributed by atoms with Crippen molar-refractivity contribution < 1.29 is 29.2 Å². The predicted octanol–water partition coefficient (Wildman–Crippen LogP) is 0.00460. The molecule has 0 aromatic rings. The van der Waals surface area contributed by atoms with Crippen molar-refractivity contribution in [2.75, 3.05) is 46.2 Å². The van der Waals surface area contributed by atoms with Crippen LogP contribution in [0.25, 0.3) is 0 Å². The molecule has 1 fully saturated rings. The Kier molecular flexibility index (Phi) is 18.1. The number of aliphatic hydroxyl groups excluding tert-OH is 2. The number of ketones is 1. The summed E-state index contributed by atoms with van der Waals surface area (Å²) in [7, 11) is 0. The Morgan fingerprint density at radius 1 is 1.22 bits per heavy atom. The Balaban J connectivity index is 0. The number of aliphatic hydroxyl groups is 2. The number of carbonyl (C=O) groups excluding carboxylic acids is 1. The zero-order valence-corrected chi connectivity index (χ0v) is 11.6. The van der Waals surface area contributed by atoms with Gasteiger partial charge in [0.1, 0.15) is 11.9 Å². The Hall–Kier alpha value is -0.530. The van der Waals surface area contributed by atoms with E-state index in [9.17, 15) is 4.79 Å². The van der Waals surface area contributed by atoms with Gasteiger partial charge in [-0.05, 0) is 20.8 Å². The molecule has 0 radical (unpaired) electrons. The fraction of sp³-hybridized carbons (Fsp3) is 0.917. The largest absolute Gasteiger partial charge is 0.394 e. The summed E-state index contributed by atoms with van der Waals surface area (Å²) in [5.74, 6) is 0.167. The van der Waals surface area contributed by atoms with Crippen LogP contribution < -0.4 is 0 Å². The molecule has 0 bridgehead atoms. The molecule has 6 nitrogen and oxygen atoms in total. The van der Waals surface area contributed by atoms with Crippen molar-refractivity contribution in [3.8, 4) is 0 Å². The summed E-state index contributed by atoms with van der Waals surface area (Å²) < 4.78 is 14.7. The van der Waals surface area contributed by atoms with Crippen molar-refractivity contribution in [1.82, 2.24) is 0 Å². The minimum Gasteiger partial charge on any atom is -0.394 e. The van der Waals surface area contributed by atoms with Crippen LogP contribution in [0.1, 0.15) is 20.8 Å². The number of Topliss-reactive ketones (excluding diaryl/α,β-unsaturated/α-hetero) is 1. The smallest absolute Gasteiger partial charge is 0.126 e. The SMILES string of the molecule is C1COCCO1.CC(C)=O.CCOCC(O)CO. The first-order valence-electron chi connectivity index (χ1n) is 6.03. The van der Waals surface area contributed by atoms with E-state index in [2.05, 4.69) is 0 Å². The van der Waals surface area contributed by atoms with Crippen LogP contribution in [-0.4, -0.2) is 68.3 Å². The normalized spacial score (nSPS) is 15.6. The first-order chi connectivity index (χ1) is 8.54. The fourth-order valence-electron chi connectivity index (χ4n) is 0.746. The quantitative estimate of drug-likeness (QED) is 0.745. The topological polar surface area (TPSA) is 85.2 Å². The molecule has 0 aromatic carbocycles. The van der Waals surface area contributed by atoms with Crippen LogP contribution in [0.3, 0.4) is 0 Å². The summed E-state index contributed by atoms with van der Waals surface area (Å²) in [5.41, 5.74) is 0. The average Bonchev–Trinajstić information content (AvgIpc) is 2.38. The number of hydrogen-bond acceptors (Lipinski definition) is 6. The molecule has 0 spiro atoms. The van der Waals surface area contributed by atoms with Gasteiger partial charge in [-0.25, -0.2) is 0 Å². The summed E-state index contributed by atoms with van der Waals surface area (Å²) >= 11 is 0. The van der Waals surface area contributed by atoms with Crippen molar-refractivity contribution in [3.63, 3.8) is 0 Å². The molecule has 2 N–H and O–H groups in total. The van der Waals surface area contributed by atoms with E-state index >= 15 is 0 Å². The zero-order chi connectivity index (χ0) is 14.2. The molecule has 1 atom stereocenters. The van der Waals surface area contributed by atoms with Crippen LogP contribution in [0.2, 0.25) is 0 Å². The number of rotatable bonds is 4. The van der Waals surface area contributed by atoms with Gasteiger partial charge in [-0.2, -0.15) is 0 Å². The van der Waals surface area contributed by atoms with Crippen LogP contribution >= 0.6 is 0 Å². The predicted molar refractivity (Wildman–Crippen MR) is 67.6 cm³/mol. The molecule has 0 aliphatic carbocycles. The minimum atomic E-state index is -0.713. The monoisotopic (exact) mass is 266 g/mol. The number of hydrogen-bond donors (Lipinski definition) is 2. The second-order valence-electron chi connectivity index (χ2n) is 3.63. The van der Waals surface area contributed by atoms with Crippen LogP contribution in [0.4, 0.5) is 0 Å². The lowest BCUT2D eigenvalue weighted by Gasteiger charge is -2.09. The second kappa shape index (κ2) is 16.5. The molecular formula is C12H26O6. The molecular weight excluding hydrogens is 240 g/mol. The van der Waals surface area contributed by atoms with Crippen molar-refractivity contribution >= 4 is 5.78 Å². The molecule has 1 aliphatic heterocycles. The molecule has 6 heteroatoms. The Morgan fingerprint density at radius 2 is 1.61 bits per heavy atom. The average molecular weight is 266 g/mol. The molecule has 0 aromatic heterocycles. The minimum absolute atomic E-state index is 0.167. The van der Waals surface area contributed by atoms with E-state index in [4.69, 9.17) is 24.4 Å². The van der Waals surface area contributed by atoms with E-state index < -0.39 is 6.10 Å². The maximum absolute atomic E-state index is 9.44. The standard InChI is InChI=1S/C5H12O3.C4H8O2.C3H6O/c1-2-8-4-5(7)3-6;1-2-6-4-3-5-1;1-3(2)4/h5-7H,2-4H2,1H3;1-4H2;1-2H3. The summed E-state index contributed by atoms with van der Waals surface area (Å²) in [6.07, 6.45) is -0.713. The molecule has 1 saturated heterocycles. The maximum Gasteiger partial charge on any atom is 0.126 e. The molecule has 1 rings (SSSR count). The first-order valence-corrected chi connectivity index (χ1v) is 6.03. The van der Waals surface area contributed by atoms with E-state index in [1.165, 1.54) is 13.8 Å². The molecule has 0 saturated carbocycles. The van der Waals surface area contributed by atoms with Gasteiger partial charge in [-0.1, -0.05) is 0 Å². The van der Waals surface area contributed by atoms with Crippen molar-refractivity contribution in [3.05, 3.63) is 0 Å². The highest BCUT2D eigenvalue weighted by molar-refractivity contribution is 5.72. The van der Waals surface area contributed by atoms with Crippen molar-refractivity contribution in [1.29, 1.82) is 0 Å². The van der Waals surface area contributed by atoms with E-state index in [1.54, 1.807) is 0 Å².